The molecule has 25 heavy (non-hydrogen) atoms. The van der Waals surface area contributed by atoms with E-state index in [9.17, 15) is 13.2 Å². The molecule has 0 aromatic heterocycles. The van der Waals surface area contributed by atoms with E-state index >= 15 is 0 Å². The average Bonchev–Trinajstić information content (AvgIpc) is 2.60. The van der Waals surface area contributed by atoms with Gasteiger partial charge in [-0.25, -0.2) is 8.42 Å². The second-order valence-corrected chi connectivity index (χ2v) is 8.52. The standard InChI is InChI=1S/C17H27N3O3S.ClH/c1-13(2)19(3)24(22,23)16-9-6-7-14(11-16)17(21)20-10-5-4-8-15(20)12-18;/h6-7,9,11,13,15H,4-5,8,10,12,18H2,1-3H3;1H. The van der Waals surface area contributed by atoms with Crippen molar-refractivity contribution in [3.05, 3.63) is 29.8 Å². The number of hydrogen-bond donors (Lipinski definition) is 1. The quantitative estimate of drug-likeness (QED) is 0.835. The third-order valence-electron chi connectivity index (χ3n) is 4.65. The van der Waals surface area contributed by atoms with Crippen LogP contribution in [-0.2, 0) is 10.0 Å². The highest BCUT2D eigenvalue weighted by molar-refractivity contribution is 7.89. The fourth-order valence-electron chi connectivity index (χ4n) is 2.91. The van der Waals surface area contributed by atoms with E-state index in [4.69, 9.17) is 5.73 Å². The van der Waals surface area contributed by atoms with E-state index in [2.05, 4.69) is 0 Å². The molecule has 1 heterocycles. The number of carbonyl (C=O) groups is 1. The van der Waals surface area contributed by atoms with Crippen LogP contribution in [0.25, 0.3) is 0 Å². The molecule has 6 nitrogen and oxygen atoms in total. The number of rotatable bonds is 5. The van der Waals surface area contributed by atoms with Crippen LogP contribution < -0.4 is 5.73 Å². The monoisotopic (exact) mass is 389 g/mol. The second-order valence-electron chi connectivity index (χ2n) is 6.53. The van der Waals surface area contributed by atoms with Crippen molar-refractivity contribution >= 4 is 28.3 Å². The Hall–Kier alpha value is -1.15. The molecule has 2 rings (SSSR count). The molecular formula is C17H28ClN3O3S. The molecule has 0 spiro atoms. The van der Waals surface area contributed by atoms with Gasteiger partial charge in [0.15, 0.2) is 0 Å². The number of sulfonamides is 1. The average molecular weight is 390 g/mol. The molecule has 8 heteroatoms. The number of piperidine rings is 1. The Kier molecular flexibility index (Phi) is 7.87. The van der Waals surface area contributed by atoms with Crippen LogP contribution >= 0.6 is 12.4 Å². The number of carbonyl (C=O) groups excluding carboxylic acids is 1. The fourth-order valence-corrected chi connectivity index (χ4v) is 4.33. The Morgan fingerprint density at radius 3 is 2.64 bits per heavy atom. The van der Waals surface area contributed by atoms with Gasteiger partial charge in [-0.3, -0.25) is 4.79 Å². The Morgan fingerprint density at radius 1 is 1.36 bits per heavy atom. The SMILES string of the molecule is CC(C)N(C)S(=O)(=O)c1cccc(C(=O)N2CCCCC2CN)c1.Cl. The number of amides is 1. The summed E-state index contributed by atoms with van der Waals surface area (Å²) in [5.41, 5.74) is 6.18. The fraction of sp³-hybridized carbons (Fsp3) is 0.588. The summed E-state index contributed by atoms with van der Waals surface area (Å²) in [6.07, 6.45) is 2.92. The third-order valence-corrected chi connectivity index (χ3v) is 6.67. The largest absolute Gasteiger partial charge is 0.334 e. The van der Waals surface area contributed by atoms with Crippen molar-refractivity contribution in [1.29, 1.82) is 0 Å². The maximum Gasteiger partial charge on any atom is 0.254 e. The van der Waals surface area contributed by atoms with Gasteiger partial charge >= 0.3 is 0 Å². The van der Waals surface area contributed by atoms with E-state index in [0.717, 1.165) is 19.3 Å². The number of halogens is 1. The van der Waals surface area contributed by atoms with Gasteiger partial charge in [0.25, 0.3) is 5.91 Å². The molecule has 1 fully saturated rings. The van der Waals surface area contributed by atoms with E-state index in [-0.39, 0.29) is 35.3 Å². The van der Waals surface area contributed by atoms with Gasteiger partial charge in [-0.15, -0.1) is 12.4 Å². The molecular weight excluding hydrogens is 362 g/mol. The molecule has 142 valence electrons. The zero-order valence-corrected chi connectivity index (χ0v) is 16.6. The molecule has 0 saturated carbocycles. The van der Waals surface area contributed by atoms with Crippen LogP contribution in [-0.4, -0.2) is 55.8 Å². The first-order valence-electron chi connectivity index (χ1n) is 8.38. The highest BCUT2D eigenvalue weighted by Gasteiger charge is 2.28. The predicted molar refractivity (Wildman–Crippen MR) is 102 cm³/mol. The molecule has 1 aliphatic rings. The Morgan fingerprint density at radius 2 is 2.04 bits per heavy atom. The van der Waals surface area contributed by atoms with E-state index in [1.54, 1.807) is 24.1 Å². The van der Waals surface area contributed by atoms with Gasteiger partial charge in [0, 0.05) is 37.8 Å². The van der Waals surface area contributed by atoms with Crippen LogP contribution in [0.3, 0.4) is 0 Å². The first-order valence-corrected chi connectivity index (χ1v) is 9.82. The third kappa shape index (κ3) is 4.73. The van der Waals surface area contributed by atoms with Gasteiger partial charge in [0.1, 0.15) is 0 Å². The topological polar surface area (TPSA) is 83.7 Å². The molecule has 1 atom stereocenters. The zero-order valence-electron chi connectivity index (χ0n) is 15.0. The van der Waals surface area contributed by atoms with Gasteiger partial charge in [0.2, 0.25) is 10.0 Å². The maximum absolute atomic E-state index is 12.8. The minimum Gasteiger partial charge on any atom is -0.334 e. The number of benzene rings is 1. The maximum atomic E-state index is 12.8. The lowest BCUT2D eigenvalue weighted by Gasteiger charge is -2.35. The van der Waals surface area contributed by atoms with Crippen molar-refractivity contribution in [1.82, 2.24) is 9.21 Å². The van der Waals surface area contributed by atoms with E-state index in [0.29, 0.717) is 18.7 Å². The first kappa shape index (κ1) is 21.9. The van der Waals surface area contributed by atoms with Crippen LogP contribution in [0, 0.1) is 0 Å². The Balaban J connectivity index is 0.00000312. The minimum atomic E-state index is -3.61. The van der Waals surface area contributed by atoms with E-state index in [1.165, 1.54) is 16.4 Å². The molecule has 1 amide bonds. The van der Waals surface area contributed by atoms with Crippen LogP contribution in [0.15, 0.2) is 29.2 Å². The lowest BCUT2D eigenvalue weighted by atomic mass is 10.0. The van der Waals surface area contributed by atoms with E-state index in [1.807, 2.05) is 13.8 Å². The van der Waals surface area contributed by atoms with Gasteiger partial charge < -0.3 is 10.6 Å². The van der Waals surface area contributed by atoms with Crippen molar-refractivity contribution in [3.8, 4) is 0 Å². The molecule has 1 aliphatic heterocycles. The molecule has 2 N–H and O–H groups in total. The number of likely N-dealkylation sites (tertiary alicyclic amines) is 1. The van der Waals surface area contributed by atoms with Crippen molar-refractivity contribution < 1.29 is 13.2 Å². The number of nitrogens with two attached hydrogens (primary N) is 1. The molecule has 0 aliphatic carbocycles. The van der Waals surface area contributed by atoms with Crippen LogP contribution in [0.2, 0.25) is 0 Å². The van der Waals surface area contributed by atoms with Crippen molar-refractivity contribution in [2.24, 2.45) is 5.73 Å². The summed E-state index contributed by atoms with van der Waals surface area (Å²) in [6, 6.07) is 6.16. The van der Waals surface area contributed by atoms with Crippen molar-refractivity contribution in [3.63, 3.8) is 0 Å². The summed E-state index contributed by atoms with van der Waals surface area (Å²) in [5, 5.41) is 0. The van der Waals surface area contributed by atoms with E-state index < -0.39 is 10.0 Å². The summed E-state index contributed by atoms with van der Waals surface area (Å²) in [7, 11) is -2.06. The Bertz CT molecular complexity index is 694. The minimum absolute atomic E-state index is 0. The lowest BCUT2D eigenvalue weighted by molar-refractivity contribution is 0.0623. The summed E-state index contributed by atoms with van der Waals surface area (Å²) in [5.74, 6) is -0.144. The van der Waals surface area contributed by atoms with Gasteiger partial charge in [-0.2, -0.15) is 4.31 Å². The number of nitrogens with zero attached hydrogens (tertiary/aromatic N) is 2. The van der Waals surface area contributed by atoms with Gasteiger partial charge in [-0.05, 0) is 51.3 Å². The normalized spacial score (nSPS) is 18.3. The molecule has 1 saturated heterocycles. The van der Waals surface area contributed by atoms with Crippen molar-refractivity contribution in [2.75, 3.05) is 20.1 Å². The molecule has 0 bridgehead atoms. The predicted octanol–water partition coefficient (Wildman–Crippen LogP) is 2.09. The van der Waals surface area contributed by atoms with Gasteiger partial charge in [-0.1, -0.05) is 6.07 Å². The first-order chi connectivity index (χ1) is 11.3. The molecule has 1 aromatic rings. The summed E-state index contributed by atoms with van der Waals surface area (Å²) in [4.78, 5) is 14.7. The summed E-state index contributed by atoms with van der Waals surface area (Å²) >= 11 is 0. The smallest absolute Gasteiger partial charge is 0.254 e. The molecule has 0 radical (unpaired) electrons. The summed E-state index contributed by atoms with van der Waals surface area (Å²) < 4.78 is 26.6. The van der Waals surface area contributed by atoms with Crippen molar-refractivity contribution in [2.45, 2.75) is 50.1 Å². The lowest BCUT2D eigenvalue weighted by Crippen LogP contribution is -2.47. The highest BCUT2D eigenvalue weighted by Crippen LogP contribution is 2.22. The zero-order chi connectivity index (χ0) is 17.9. The van der Waals surface area contributed by atoms with Crippen LogP contribution in [0.1, 0.15) is 43.5 Å². The highest BCUT2D eigenvalue weighted by atomic mass is 35.5. The van der Waals surface area contributed by atoms with Crippen LogP contribution in [0.5, 0.6) is 0 Å². The summed E-state index contributed by atoms with van der Waals surface area (Å²) in [6.45, 7) is 4.72. The number of hydrogen-bond acceptors (Lipinski definition) is 4. The second kappa shape index (κ2) is 8.98. The molecule has 1 aromatic carbocycles. The Labute approximate surface area is 156 Å². The molecule has 1 unspecified atom stereocenters. The van der Waals surface area contributed by atoms with Crippen LogP contribution in [0.4, 0.5) is 0 Å². The van der Waals surface area contributed by atoms with Gasteiger partial charge in [0.05, 0.1) is 4.90 Å².